The number of alkyl halides is 3. The van der Waals surface area contributed by atoms with Crippen LogP contribution >= 0.6 is 23.5 Å². The highest BCUT2D eigenvalue weighted by Gasteiger charge is 2.32. The van der Waals surface area contributed by atoms with Gasteiger partial charge in [0.1, 0.15) is 21.9 Å². The first-order valence-electron chi connectivity index (χ1n) is 9.56. The molecule has 5 rings (SSSR count). The standard InChI is InChI=1S/C20H18F3N5S2/c1-3-29-19-16(26-15-9-13(6-7-28(15)19)30-12-4-5-12)18-25-14-8-11(20(21,22)23)10-24-17(14)27(18)2/h6-10,12H,3-5H2,1-2H3. The molecular formula is C20H18F3N5S2. The zero-order chi connectivity index (χ0) is 21.0. The topological polar surface area (TPSA) is 48.0 Å². The Balaban J connectivity index is 1.66. The monoisotopic (exact) mass is 449 g/mol. The van der Waals surface area contributed by atoms with Crippen molar-refractivity contribution in [3.05, 3.63) is 36.2 Å². The van der Waals surface area contributed by atoms with Gasteiger partial charge in [-0.2, -0.15) is 13.2 Å². The maximum Gasteiger partial charge on any atom is 0.417 e. The lowest BCUT2D eigenvalue weighted by Gasteiger charge is -2.05. The number of nitrogens with zero attached hydrogens (tertiary/aromatic N) is 5. The first-order valence-corrected chi connectivity index (χ1v) is 11.4. The number of pyridine rings is 2. The first kappa shape index (κ1) is 19.7. The van der Waals surface area contributed by atoms with Gasteiger partial charge in [-0.3, -0.25) is 4.40 Å². The van der Waals surface area contributed by atoms with E-state index in [0.29, 0.717) is 22.4 Å². The lowest BCUT2D eigenvalue weighted by molar-refractivity contribution is -0.137. The van der Waals surface area contributed by atoms with Gasteiger partial charge in [0.2, 0.25) is 0 Å². The minimum absolute atomic E-state index is 0.205. The second kappa shape index (κ2) is 7.19. The molecule has 1 aliphatic carbocycles. The summed E-state index contributed by atoms with van der Waals surface area (Å²) in [6.45, 7) is 2.05. The summed E-state index contributed by atoms with van der Waals surface area (Å²) in [6.07, 6.45) is 0.900. The van der Waals surface area contributed by atoms with E-state index in [0.717, 1.165) is 28.7 Å². The molecule has 30 heavy (non-hydrogen) atoms. The van der Waals surface area contributed by atoms with Crippen LogP contribution in [0.1, 0.15) is 25.3 Å². The Morgan fingerprint density at radius 3 is 2.70 bits per heavy atom. The second-order valence-electron chi connectivity index (χ2n) is 7.17. The molecule has 156 valence electrons. The van der Waals surface area contributed by atoms with E-state index in [1.54, 1.807) is 23.4 Å². The molecule has 1 saturated carbocycles. The molecule has 0 aromatic carbocycles. The van der Waals surface area contributed by atoms with Crippen molar-refractivity contribution in [1.82, 2.24) is 23.9 Å². The molecule has 10 heteroatoms. The van der Waals surface area contributed by atoms with Crippen LogP contribution in [-0.4, -0.2) is 34.9 Å². The van der Waals surface area contributed by atoms with Crippen molar-refractivity contribution >= 4 is 40.3 Å². The fourth-order valence-corrected chi connectivity index (χ4v) is 5.23. The molecule has 4 aromatic heterocycles. The normalized spacial score (nSPS) is 14.8. The van der Waals surface area contributed by atoms with Gasteiger partial charge in [-0.25, -0.2) is 15.0 Å². The second-order valence-corrected chi connectivity index (χ2v) is 9.79. The number of imidazole rings is 2. The summed E-state index contributed by atoms with van der Waals surface area (Å²) >= 11 is 3.49. The summed E-state index contributed by atoms with van der Waals surface area (Å²) in [7, 11) is 1.75. The van der Waals surface area contributed by atoms with E-state index in [4.69, 9.17) is 4.98 Å². The summed E-state index contributed by atoms with van der Waals surface area (Å²) < 4.78 is 43.0. The number of thioether (sulfide) groups is 2. The van der Waals surface area contributed by atoms with Gasteiger partial charge in [0, 0.05) is 29.6 Å². The summed E-state index contributed by atoms with van der Waals surface area (Å²) in [6, 6.07) is 5.20. The summed E-state index contributed by atoms with van der Waals surface area (Å²) in [4.78, 5) is 14.5. The van der Waals surface area contributed by atoms with Crippen molar-refractivity contribution in [3.8, 4) is 11.5 Å². The zero-order valence-electron chi connectivity index (χ0n) is 16.3. The maximum atomic E-state index is 13.1. The van der Waals surface area contributed by atoms with Crippen molar-refractivity contribution in [2.75, 3.05) is 5.75 Å². The molecule has 0 atom stereocenters. The van der Waals surface area contributed by atoms with Crippen molar-refractivity contribution < 1.29 is 13.2 Å². The Kier molecular flexibility index (Phi) is 4.73. The van der Waals surface area contributed by atoms with Gasteiger partial charge in [0.15, 0.2) is 11.5 Å². The molecule has 4 heterocycles. The number of aryl methyl sites for hydroxylation is 1. The summed E-state index contributed by atoms with van der Waals surface area (Å²) in [5.74, 6) is 1.34. The Labute approximate surface area is 179 Å². The fourth-order valence-electron chi connectivity index (χ4n) is 3.32. The van der Waals surface area contributed by atoms with Crippen LogP contribution < -0.4 is 0 Å². The summed E-state index contributed by atoms with van der Waals surface area (Å²) in [5.41, 5.74) is 1.26. The molecule has 0 saturated heterocycles. The number of fused-ring (bicyclic) bond motifs is 2. The predicted octanol–water partition coefficient (Wildman–Crippen LogP) is 5.67. The highest BCUT2D eigenvalue weighted by molar-refractivity contribution is 8.00. The molecule has 1 aliphatic rings. The molecule has 0 aliphatic heterocycles. The third-order valence-corrected chi connectivity index (χ3v) is 7.19. The Morgan fingerprint density at radius 1 is 1.20 bits per heavy atom. The molecule has 0 spiro atoms. The number of hydrogen-bond donors (Lipinski definition) is 0. The van der Waals surface area contributed by atoms with Crippen LogP contribution in [0.2, 0.25) is 0 Å². The Hall–Kier alpha value is -2.20. The van der Waals surface area contributed by atoms with Crippen molar-refractivity contribution in [2.24, 2.45) is 7.05 Å². The molecule has 5 nitrogen and oxygen atoms in total. The number of hydrogen-bond acceptors (Lipinski definition) is 5. The van der Waals surface area contributed by atoms with Gasteiger partial charge in [0.05, 0.1) is 5.56 Å². The Bertz CT molecular complexity index is 1260. The third kappa shape index (κ3) is 3.45. The highest BCUT2D eigenvalue weighted by atomic mass is 32.2. The molecule has 0 N–H and O–H groups in total. The molecule has 0 radical (unpaired) electrons. The lowest BCUT2D eigenvalue weighted by atomic mass is 10.2. The van der Waals surface area contributed by atoms with Gasteiger partial charge < -0.3 is 4.57 Å². The maximum absolute atomic E-state index is 13.1. The SMILES string of the molecule is CCSc1c(-c2nc3cc(C(F)(F)F)cnc3n2C)nc2cc(SC3CC3)ccn12. The molecule has 0 unspecified atom stereocenters. The van der Waals surface area contributed by atoms with Gasteiger partial charge in [-0.05, 0) is 36.8 Å². The van der Waals surface area contributed by atoms with Crippen molar-refractivity contribution in [3.63, 3.8) is 0 Å². The van der Waals surface area contributed by atoms with E-state index in [1.807, 2.05) is 22.4 Å². The van der Waals surface area contributed by atoms with E-state index in [-0.39, 0.29) is 5.52 Å². The average Bonchev–Trinajstić information content (AvgIpc) is 3.36. The number of rotatable bonds is 5. The minimum Gasteiger partial charge on any atom is -0.310 e. The molecule has 0 bridgehead atoms. The largest absolute Gasteiger partial charge is 0.417 e. The number of aromatic nitrogens is 5. The summed E-state index contributed by atoms with van der Waals surface area (Å²) in [5, 5.41) is 1.62. The quantitative estimate of drug-likeness (QED) is 0.368. The van der Waals surface area contributed by atoms with E-state index in [2.05, 4.69) is 29.0 Å². The van der Waals surface area contributed by atoms with Gasteiger partial charge in [-0.15, -0.1) is 23.5 Å². The van der Waals surface area contributed by atoms with E-state index < -0.39 is 11.7 Å². The smallest absolute Gasteiger partial charge is 0.310 e. The van der Waals surface area contributed by atoms with Crippen LogP contribution in [0.3, 0.4) is 0 Å². The number of halogens is 3. The first-order chi connectivity index (χ1) is 14.3. The van der Waals surface area contributed by atoms with Gasteiger partial charge in [-0.1, -0.05) is 6.92 Å². The molecule has 1 fully saturated rings. The van der Waals surface area contributed by atoms with Gasteiger partial charge >= 0.3 is 6.18 Å². The average molecular weight is 450 g/mol. The Morgan fingerprint density at radius 2 is 2.00 bits per heavy atom. The van der Waals surface area contributed by atoms with Crippen LogP contribution in [-0.2, 0) is 13.2 Å². The van der Waals surface area contributed by atoms with Crippen molar-refractivity contribution in [1.29, 1.82) is 0 Å². The molecule has 0 amide bonds. The van der Waals surface area contributed by atoms with E-state index >= 15 is 0 Å². The fraction of sp³-hybridized carbons (Fsp3) is 0.350. The zero-order valence-corrected chi connectivity index (χ0v) is 17.9. The predicted molar refractivity (Wildman–Crippen MR) is 113 cm³/mol. The van der Waals surface area contributed by atoms with E-state index in [1.165, 1.54) is 17.7 Å². The van der Waals surface area contributed by atoms with Crippen LogP contribution in [0, 0.1) is 0 Å². The molecule has 4 aromatic rings. The van der Waals surface area contributed by atoms with Crippen LogP contribution in [0.15, 0.2) is 40.5 Å². The molecular weight excluding hydrogens is 431 g/mol. The van der Waals surface area contributed by atoms with Crippen LogP contribution in [0.5, 0.6) is 0 Å². The van der Waals surface area contributed by atoms with E-state index in [9.17, 15) is 13.2 Å². The minimum atomic E-state index is -4.46. The van der Waals surface area contributed by atoms with Crippen LogP contribution in [0.25, 0.3) is 28.3 Å². The van der Waals surface area contributed by atoms with Crippen molar-refractivity contribution in [2.45, 2.75) is 41.1 Å². The van der Waals surface area contributed by atoms with Gasteiger partial charge in [0.25, 0.3) is 0 Å². The third-order valence-electron chi connectivity index (χ3n) is 4.91. The highest BCUT2D eigenvalue weighted by Crippen LogP contribution is 2.40. The van der Waals surface area contributed by atoms with Crippen LogP contribution in [0.4, 0.5) is 13.2 Å². The lowest BCUT2D eigenvalue weighted by Crippen LogP contribution is -2.05.